The Kier molecular flexibility index (Phi) is 3.59. The third-order valence-electron chi connectivity index (χ3n) is 1.46. The van der Waals surface area contributed by atoms with Crippen LogP contribution in [0.1, 0.15) is 10.5 Å². The quantitative estimate of drug-likeness (QED) is 0.679. The SMILES string of the molecule is N#CCN(CC#N)C(=O)c1cscn1. The monoisotopic (exact) mass is 206 g/mol. The van der Waals surface area contributed by atoms with Crippen molar-refractivity contribution in [2.75, 3.05) is 13.1 Å². The number of rotatable bonds is 3. The predicted molar refractivity (Wildman–Crippen MR) is 49.2 cm³/mol. The first-order valence-electron chi connectivity index (χ1n) is 3.71. The van der Waals surface area contributed by atoms with E-state index in [1.165, 1.54) is 16.8 Å². The van der Waals surface area contributed by atoms with Gasteiger partial charge in [-0.2, -0.15) is 10.5 Å². The van der Waals surface area contributed by atoms with Gasteiger partial charge in [0.05, 0.1) is 17.6 Å². The first-order chi connectivity index (χ1) is 6.79. The molecule has 0 bridgehead atoms. The van der Waals surface area contributed by atoms with Crippen LogP contribution in [0.4, 0.5) is 0 Å². The summed E-state index contributed by atoms with van der Waals surface area (Å²) in [7, 11) is 0. The summed E-state index contributed by atoms with van der Waals surface area (Å²) in [5.74, 6) is -0.380. The lowest BCUT2D eigenvalue weighted by Gasteiger charge is -2.13. The molecule has 0 saturated heterocycles. The maximum absolute atomic E-state index is 11.6. The number of carbonyl (C=O) groups is 1. The molecule has 0 saturated carbocycles. The molecule has 1 aromatic rings. The molecule has 1 heterocycles. The predicted octanol–water partition coefficient (Wildman–Crippen LogP) is 0.632. The molecule has 0 spiro atoms. The molecule has 0 aliphatic rings. The Labute approximate surface area is 84.8 Å². The molecular formula is C8H6N4OS. The highest BCUT2D eigenvalue weighted by Crippen LogP contribution is 2.04. The Hall–Kier alpha value is -1.92. The van der Waals surface area contributed by atoms with Gasteiger partial charge in [0.1, 0.15) is 18.8 Å². The highest BCUT2D eigenvalue weighted by atomic mass is 32.1. The average Bonchev–Trinajstić information content (AvgIpc) is 2.69. The standard InChI is InChI=1S/C8H6N4OS/c9-1-3-12(4-2-10)8(13)7-5-14-6-11-7/h5-6H,3-4H2. The van der Waals surface area contributed by atoms with Crippen molar-refractivity contribution in [1.82, 2.24) is 9.88 Å². The number of amides is 1. The van der Waals surface area contributed by atoms with Crippen molar-refractivity contribution in [2.45, 2.75) is 0 Å². The largest absolute Gasteiger partial charge is 0.311 e. The van der Waals surface area contributed by atoms with Gasteiger partial charge in [0.2, 0.25) is 0 Å². The molecule has 14 heavy (non-hydrogen) atoms. The normalized spacial score (nSPS) is 8.71. The van der Waals surface area contributed by atoms with Crippen molar-refractivity contribution < 1.29 is 4.79 Å². The molecule has 0 unspecified atom stereocenters. The van der Waals surface area contributed by atoms with Crippen molar-refractivity contribution in [3.05, 3.63) is 16.6 Å². The van der Waals surface area contributed by atoms with Crippen LogP contribution in [0.15, 0.2) is 10.9 Å². The summed E-state index contributed by atoms with van der Waals surface area (Å²) < 4.78 is 0. The van der Waals surface area contributed by atoms with Crippen molar-refractivity contribution in [2.24, 2.45) is 0 Å². The molecule has 0 N–H and O–H groups in total. The van der Waals surface area contributed by atoms with E-state index in [0.717, 1.165) is 4.90 Å². The van der Waals surface area contributed by atoms with Crippen molar-refractivity contribution >= 4 is 17.2 Å². The molecule has 0 aromatic carbocycles. The van der Waals surface area contributed by atoms with Gasteiger partial charge in [-0.3, -0.25) is 4.79 Å². The van der Waals surface area contributed by atoms with Crippen LogP contribution in [0.3, 0.4) is 0 Å². The summed E-state index contributed by atoms with van der Waals surface area (Å²) in [6.45, 7) is -0.187. The van der Waals surface area contributed by atoms with Gasteiger partial charge < -0.3 is 4.90 Å². The van der Waals surface area contributed by atoms with Gasteiger partial charge >= 0.3 is 0 Å². The second-order valence-electron chi connectivity index (χ2n) is 2.35. The lowest BCUT2D eigenvalue weighted by Crippen LogP contribution is -2.31. The highest BCUT2D eigenvalue weighted by molar-refractivity contribution is 7.07. The van der Waals surface area contributed by atoms with E-state index >= 15 is 0 Å². The zero-order valence-electron chi connectivity index (χ0n) is 7.17. The van der Waals surface area contributed by atoms with E-state index in [4.69, 9.17) is 10.5 Å². The van der Waals surface area contributed by atoms with Crippen LogP contribution >= 0.6 is 11.3 Å². The molecule has 70 valence electrons. The molecule has 0 fully saturated rings. The minimum absolute atomic E-state index is 0.0933. The zero-order valence-corrected chi connectivity index (χ0v) is 7.99. The van der Waals surface area contributed by atoms with Crippen LogP contribution in [0.2, 0.25) is 0 Å². The van der Waals surface area contributed by atoms with Crippen LogP contribution in [-0.2, 0) is 0 Å². The minimum Gasteiger partial charge on any atom is -0.311 e. The Balaban J connectivity index is 2.76. The van der Waals surface area contributed by atoms with Crippen LogP contribution < -0.4 is 0 Å². The lowest BCUT2D eigenvalue weighted by molar-refractivity contribution is 0.0790. The topological polar surface area (TPSA) is 80.8 Å². The molecular weight excluding hydrogens is 200 g/mol. The Morgan fingerprint density at radius 3 is 2.57 bits per heavy atom. The summed E-state index contributed by atoms with van der Waals surface area (Å²) in [5.41, 5.74) is 1.81. The molecule has 1 amide bonds. The highest BCUT2D eigenvalue weighted by Gasteiger charge is 2.16. The fourth-order valence-electron chi connectivity index (χ4n) is 0.850. The van der Waals surface area contributed by atoms with E-state index in [1.807, 2.05) is 12.1 Å². The molecule has 1 rings (SSSR count). The van der Waals surface area contributed by atoms with Gasteiger partial charge in [0.25, 0.3) is 5.91 Å². The minimum atomic E-state index is -0.380. The van der Waals surface area contributed by atoms with Crippen LogP contribution in [0, 0.1) is 22.7 Å². The summed E-state index contributed by atoms with van der Waals surface area (Å²) in [5, 5.41) is 18.5. The summed E-state index contributed by atoms with van der Waals surface area (Å²) >= 11 is 1.30. The van der Waals surface area contributed by atoms with Crippen molar-refractivity contribution in [3.63, 3.8) is 0 Å². The Bertz CT molecular complexity index is 370. The van der Waals surface area contributed by atoms with Crippen molar-refractivity contribution in [3.8, 4) is 12.1 Å². The van der Waals surface area contributed by atoms with E-state index in [9.17, 15) is 4.79 Å². The molecule has 0 aliphatic carbocycles. The smallest absolute Gasteiger partial charge is 0.275 e. The Morgan fingerprint density at radius 2 is 2.14 bits per heavy atom. The average molecular weight is 206 g/mol. The van der Waals surface area contributed by atoms with E-state index in [0.29, 0.717) is 0 Å². The molecule has 1 aromatic heterocycles. The third kappa shape index (κ3) is 2.28. The number of hydrogen-bond acceptors (Lipinski definition) is 5. The van der Waals surface area contributed by atoms with Crippen LogP contribution in [0.5, 0.6) is 0 Å². The van der Waals surface area contributed by atoms with Crippen molar-refractivity contribution in [1.29, 1.82) is 10.5 Å². The molecule has 0 atom stereocenters. The fourth-order valence-corrected chi connectivity index (χ4v) is 1.38. The maximum Gasteiger partial charge on any atom is 0.275 e. The number of thiazole rings is 1. The summed E-state index contributed by atoms with van der Waals surface area (Å²) in [6.07, 6.45) is 0. The summed E-state index contributed by atoms with van der Waals surface area (Å²) in [4.78, 5) is 16.5. The first-order valence-corrected chi connectivity index (χ1v) is 4.65. The molecule has 6 heteroatoms. The summed E-state index contributed by atoms with van der Waals surface area (Å²) in [6, 6.07) is 3.65. The van der Waals surface area contributed by atoms with E-state index in [-0.39, 0.29) is 24.7 Å². The second-order valence-corrected chi connectivity index (χ2v) is 3.07. The van der Waals surface area contributed by atoms with Gasteiger partial charge in [-0.05, 0) is 0 Å². The lowest BCUT2D eigenvalue weighted by atomic mass is 10.4. The maximum atomic E-state index is 11.6. The third-order valence-corrected chi connectivity index (χ3v) is 2.05. The van der Waals surface area contributed by atoms with Gasteiger partial charge in [0.15, 0.2) is 0 Å². The van der Waals surface area contributed by atoms with Gasteiger partial charge in [-0.15, -0.1) is 11.3 Å². The molecule has 0 aliphatic heterocycles. The molecule has 0 radical (unpaired) electrons. The fraction of sp³-hybridized carbons (Fsp3) is 0.250. The number of nitriles is 2. The van der Waals surface area contributed by atoms with Crippen LogP contribution in [0.25, 0.3) is 0 Å². The Morgan fingerprint density at radius 1 is 1.50 bits per heavy atom. The second kappa shape index (κ2) is 4.95. The van der Waals surface area contributed by atoms with Gasteiger partial charge in [-0.1, -0.05) is 0 Å². The van der Waals surface area contributed by atoms with E-state index in [1.54, 1.807) is 5.38 Å². The zero-order chi connectivity index (χ0) is 10.4. The first kappa shape index (κ1) is 10.2. The van der Waals surface area contributed by atoms with E-state index in [2.05, 4.69) is 4.98 Å². The van der Waals surface area contributed by atoms with Crippen LogP contribution in [-0.4, -0.2) is 28.9 Å². The number of aromatic nitrogens is 1. The van der Waals surface area contributed by atoms with Gasteiger partial charge in [0, 0.05) is 5.38 Å². The number of nitrogens with zero attached hydrogens (tertiary/aromatic N) is 4. The number of carbonyl (C=O) groups excluding carboxylic acids is 1. The number of hydrogen-bond donors (Lipinski definition) is 0. The molecule has 5 nitrogen and oxygen atoms in total. The van der Waals surface area contributed by atoms with Gasteiger partial charge in [-0.25, -0.2) is 4.98 Å². The van der Waals surface area contributed by atoms with E-state index < -0.39 is 0 Å².